The van der Waals surface area contributed by atoms with E-state index in [1.54, 1.807) is 0 Å². The Hall–Kier alpha value is -2.48. The number of carbonyl (C=O) groups is 2. The number of nitrogens with one attached hydrogen (secondary N) is 1. The Morgan fingerprint density at radius 3 is 2.68 bits per heavy atom. The minimum absolute atomic E-state index is 0.0404. The second-order valence-electron chi connectivity index (χ2n) is 6.26. The number of hydrogen-bond acceptors (Lipinski definition) is 6. The Balaban J connectivity index is 1.76. The van der Waals surface area contributed by atoms with Crippen LogP contribution in [0.5, 0.6) is 0 Å². The topological polar surface area (TPSA) is 108 Å². The number of benzene rings is 1. The lowest BCUT2D eigenvalue weighted by atomic mass is 9.99. The summed E-state index contributed by atoms with van der Waals surface area (Å²) in [6.07, 6.45) is 0.948. The zero-order valence-electron chi connectivity index (χ0n) is 14.3. The zero-order chi connectivity index (χ0) is 18.4. The van der Waals surface area contributed by atoms with Gasteiger partial charge < -0.3 is 14.8 Å². The molecule has 1 amide bonds. The molecule has 0 aromatic heterocycles. The average Bonchev–Trinajstić information content (AvgIpc) is 2.91. The molecule has 1 aliphatic heterocycles. The van der Waals surface area contributed by atoms with E-state index in [1.807, 2.05) is 13.8 Å². The maximum Gasteiger partial charge on any atom is 0.309 e. The predicted molar refractivity (Wildman–Crippen MR) is 90.0 cm³/mol. The number of rotatable bonds is 8. The number of nitro benzene ring substituents is 1. The van der Waals surface area contributed by atoms with Crippen molar-refractivity contribution in [3.8, 4) is 0 Å². The van der Waals surface area contributed by atoms with Gasteiger partial charge in [-0.15, -0.1) is 0 Å². The summed E-state index contributed by atoms with van der Waals surface area (Å²) < 4.78 is 10.7. The van der Waals surface area contributed by atoms with Gasteiger partial charge in [-0.05, 0) is 38.8 Å². The number of amides is 1. The van der Waals surface area contributed by atoms with Crippen molar-refractivity contribution in [3.05, 3.63) is 34.4 Å². The molecule has 2 rings (SSSR count). The molecule has 1 aliphatic rings. The fraction of sp³-hybridized carbons (Fsp3) is 0.529. The lowest BCUT2D eigenvalue weighted by molar-refractivity contribution is -0.384. The summed E-state index contributed by atoms with van der Waals surface area (Å²) in [6, 6.07) is 5.59. The Morgan fingerprint density at radius 2 is 2.08 bits per heavy atom. The lowest BCUT2D eigenvalue weighted by Crippen LogP contribution is -2.18. The molecule has 0 saturated carbocycles. The van der Waals surface area contributed by atoms with Crippen molar-refractivity contribution in [1.29, 1.82) is 0 Å². The molecule has 1 N–H and O–H groups in total. The summed E-state index contributed by atoms with van der Waals surface area (Å²) in [5.41, 5.74) is 0.439. The molecular formula is C17H22N2O6. The monoisotopic (exact) mass is 350 g/mol. The zero-order valence-corrected chi connectivity index (χ0v) is 14.3. The molecular weight excluding hydrogens is 328 g/mol. The lowest BCUT2D eigenvalue weighted by Gasteiger charge is -2.12. The highest BCUT2D eigenvalue weighted by atomic mass is 16.6. The molecule has 1 fully saturated rings. The molecule has 25 heavy (non-hydrogen) atoms. The molecule has 136 valence electrons. The van der Waals surface area contributed by atoms with Crippen molar-refractivity contribution in [2.24, 2.45) is 5.92 Å². The van der Waals surface area contributed by atoms with E-state index in [4.69, 9.17) is 9.47 Å². The molecule has 1 aromatic rings. The summed E-state index contributed by atoms with van der Waals surface area (Å²) in [5, 5.41) is 13.3. The SMILES string of the molecule is CC(C)OCC1CC(CCC(=O)Nc2ccc([N+](=O)[O-])cc2)C(=O)O1. The standard InChI is InChI=1S/C17H22N2O6/c1-11(2)24-10-15-9-12(17(21)25-15)3-8-16(20)18-13-4-6-14(7-5-13)19(22)23/h4-7,11-12,15H,3,8-10H2,1-2H3,(H,18,20). The summed E-state index contributed by atoms with van der Waals surface area (Å²) in [6.45, 7) is 4.20. The average molecular weight is 350 g/mol. The summed E-state index contributed by atoms with van der Waals surface area (Å²) in [7, 11) is 0. The van der Waals surface area contributed by atoms with Crippen LogP contribution < -0.4 is 5.32 Å². The van der Waals surface area contributed by atoms with E-state index >= 15 is 0 Å². The number of anilines is 1. The van der Waals surface area contributed by atoms with E-state index in [9.17, 15) is 19.7 Å². The quantitative estimate of drug-likeness (QED) is 0.439. The number of hydrogen-bond donors (Lipinski definition) is 1. The van der Waals surface area contributed by atoms with Crippen molar-refractivity contribution in [2.75, 3.05) is 11.9 Å². The second-order valence-corrected chi connectivity index (χ2v) is 6.26. The number of cyclic esters (lactones) is 1. The molecule has 0 aliphatic carbocycles. The molecule has 2 unspecified atom stereocenters. The van der Waals surface area contributed by atoms with Crippen molar-refractivity contribution in [3.63, 3.8) is 0 Å². The number of nitro groups is 1. The third-order valence-electron chi connectivity index (χ3n) is 3.86. The number of esters is 1. The molecule has 2 atom stereocenters. The predicted octanol–water partition coefficient (Wildman–Crippen LogP) is 2.67. The van der Waals surface area contributed by atoms with Crippen molar-refractivity contribution in [1.82, 2.24) is 0 Å². The van der Waals surface area contributed by atoms with Crippen LogP contribution in [0, 0.1) is 16.0 Å². The molecule has 0 bridgehead atoms. The highest BCUT2D eigenvalue weighted by Crippen LogP contribution is 2.26. The summed E-state index contributed by atoms with van der Waals surface area (Å²) >= 11 is 0. The fourth-order valence-electron chi connectivity index (χ4n) is 2.55. The molecule has 1 heterocycles. The van der Waals surface area contributed by atoms with Gasteiger partial charge in [0.1, 0.15) is 6.10 Å². The van der Waals surface area contributed by atoms with Gasteiger partial charge in [0.05, 0.1) is 23.6 Å². The van der Waals surface area contributed by atoms with Crippen molar-refractivity contribution >= 4 is 23.3 Å². The van der Waals surface area contributed by atoms with Gasteiger partial charge in [-0.2, -0.15) is 0 Å². The fourth-order valence-corrected chi connectivity index (χ4v) is 2.55. The Labute approximate surface area is 145 Å². The molecule has 8 nitrogen and oxygen atoms in total. The van der Waals surface area contributed by atoms with Crippen LogP contribution in [-0.4, -0.2) is 35.6 Å². The Bertz CT molecular complexity index is 629. The van der Waals surface area contributed by atoms with Crippen LogP contribution in [0.4, 0.5) is 11.4 Å². The molecule has 0 spiro atoms. The minimum Gasteiger partial charge on any atom is -0.460 e. The second kappa shape index (κ2) is 8.57. The van der Waals surface area contributed by atoms with E-state index in [0.717, 1.165) is 0 Å². The van der Waals surface area contributed by atoms with E-state index in [-0.39, 0.29) is 42.1 Å². The van der Waals surface area contributed by atoms with Crippen LogP contribution in [-0.2, 0) is 19.1 Å². The first kappa shape index (κ1) is 18.9. The van der Waals surface area contributed by atoms with Gasteiger partial charge in [-0.1, -0.05) is 0 Å². The number of ether oxygens (including phenoxy) is 2. The van der Waals surface area contributed by atoms with Crippen LogP contribution in [0.2, 0.25) is 0 Å². The van der Waals surface area contributed by atoms with E-state index < -0.39 is 4.92 Å². The summed E-state index contributed by atoms with van der Waals surface area (Å²) in [5.74, 6) is -0.840. The van der Waals surface area contributed by atoms with Gasteiger partial charge >= 0.3 is 5.97 Å². The summed E-state index contributed by atoms with van der Waals surface area (Å²) in [4.78, 5) is 33.9. The highest BCUT2D eigenvalue weighted by Gasteiger charge is 2.34. The highest BCUT2D eigenvalue weighted by molar-refractivity contribution is 5.91. The number of non-ortho nitro benzene ring substituents is 1. The first-order valence-corrected chi connectivity index (χ1v) is 8.21. The van der Waals surface area contributed by atoms with Gasteiger partial charge in [0.2, 0.25) is 5.91 Å². The Kier molecular flexibility index (Phi) is 6.46. The molecule has 1 saturated heterocycles. The number of nitrogens with zero attached hydrogens (tertiary/aromatic N) is 1. The van der Waals surface area contributed by atoms with Gasteiger partial charge in [0, 0.05) is 24.2 Å². The van der Waals surface area contributed by atoms with Crippen LogP contribution in [0.15, 0.2) is 24.3 Å². The first-order valence-electron chi connectivity index (χ1n) is 8.21. The van der Waals surface area contributed by atoms with Crippen LogP contribution in [0.3, 0.4) is 0 Å². The van der Waals surface area contributed by atoms with Crippen LogP contribution in [0.25, 0.3) is 0 Å². The van der Waals surface area contributed by atoms with Gasteiger partial charge in [0.15, 0.2) is 0 Å². The molecule has 0 radical (unpaired) electrons. The van der Waals surface area contributed by atoms with Crippen LogP contribution >= 0.6 is 0 Å². The maximum atomic E-state index is 12.0. The third-order valence-corrected chi connectivity index (χ3v) is 3.86. The minimum atomic E-state index is -0.503. The first-order chi connectivity index (χ1) is 11.8. The largest absolute Gasteiger partial charge is 0.460 e. The van der Waals surface area contributed by atoms with E-state index in [0.29, 0.717) is 25.1 Å². The molecule has 1 aromatic carbocycles. The number of carbonyl (C=O) groups excluding carboxylic acids is 2. The Morgan fingerprint density at radius 1 is 1.40 bits per heavy atom. The van der Waals surface area contributed by atoms with Crippen molar-refractivity contribution in [2.45, 2.75) is 45.3 Å². The maximum absolute atomic E-state index is 12.0. The molecule has 8 heteroatoms. The van der Waals surface area contributed by atoms with Gasteiger partial charge in [-0.3, -0.25) is 19.7 Å². The third kappa shape index (κ3) is 5.82. The normalized spacial score (nSPS) is 19.7. The van der Waals surface area contributed by atoms with Crippen LogP contribution in [0.1, 0.15) is 33.1 Å². The van der Waals surface area contributed by atoms with Gasteiger partial charge in [-0.25, -0.2) is 0 Å². The van der Waals surface area contributed by atoms with E-state index in [2.05, 4.69) is 5.32 Å². The van der Waals surface area contributed by atoms with Crippen molar-refractivity contribution < 1.29 is 24.0 Å². The van der Waals surface area contributed by atoms with E-state index in [1.165, 1.54) is 24.3 Å². The van der Waals surface area contributed by atoms with Gasteiger partial charge in [0.25, 0.3) is 5.69 Å². The smallest absolute Gasteiger partial charge is 0.309 e.